The fourth-order valence-corrected chi connectivity index (χ4v) is 3.66. The SMILES string of the molecule is CC1CCC(C(O)C2CCCC2C)CC1. The molecule has 2 saturated carbocycles. The summed E-state index contributed by atoms with van der Waals surface area (Å²) in [6.07, 6.45) is 9.17. The van der Waals surface area contributed by atoms with Gasteiger partial charge in [-0.1, -0.05) is 39.5 Å². The normalized spacial score (nSPS) is 44.2. The van der Waals surface area contributed by atoms with Crippen LogP contribution in [0, 0.1) is 23.7 Å². The highest BCUT2D eigenvalue weighted by Gasteiger charge is 2.35. The third-order valence-corrected chi connectivity index (χ3v) is 4.91. The lowest BCUT2D eigenvalue weighted by atomic mass is 9.75. The van der Waals surface area contributed by atoms with Crippen LogP contribution in [0.25, 0.3) is 0 Å². The predicted molar refractivity (Wildman–Crippen MR) is 63.6 cm³/mol. The van der Waals surface area contributed by atoms with Crippen LogP contribution in [0.5, 0.6) is 0 Å². The summed E-state index contributed by atoms with van der Waals surface area (Å²) in [6.45, 7) is 4.67. The van der Waals surface area contributed by atoms with Crippen molar-refractivity contribution in [1.29, 1.82) is 0 Å². The highest BCUT2D eigenvalue weighted by molar-refractivity contribution is 4.86. The molecule has 0 radical (unpaired) electrons. The fraction of sp³-hybridized carbons (Fsp3) is 1.00. The van der Waals surface area contributed by atoms with E-state index in [1.165, 1.54) is 44.9 Å². The summed E-state index contributed by atoms with van der Waals surface area (Å²) in [5.74, 6) is 2.89. The molecule has 0 bridgehead atoms. The van der Waals surface area contributed by atoms with E-state index in [0.717, 1.165) is 11.8 Å². The van der Waals surface area contributed by atoms with Crippen molar-refractivity contribution in [3.05, 3.63) is 0 Å². The highest BCUT2D eigenvalue weighted by atomic mass is 16.3. The Morgan fingerprint density at radius 3 is 2.13 bits per heavy atom. The molecule has 2 fully saturated rings. The van der Waals surface area contributed by atoms with Gasteiger partial charge in [-0.2, -0.15) is 0 Å². The maximum atomic E-state index is 10.4. The van der Waals surface area contributed by atoms with E-state index in [0.29, 0.717) is 11.8 Å². The lowest BCUT2D eigenvalue weighted by Gasteiger charge is -2.34. The van der Waals surface area contributed by atoms with E-state index in [-0.39, 0.29) is 6.10 Å². The average Bonchev–Trinajstić information content (AvgIpc) is 2.65. The third kappa shape index (κ3) is 2.55. The molecule has 1 heteroatoms. The van der Waals surface area contributed by atoms with Crippen LogP contribution in [0.4, 0.5) is 0 Å². The first-order valence-corrected chi connectivity index (χ1v) is 6.86. The molecule has 3 atom stereocenters. The molecule has 0 amide bonds. The Morgan fingerprint density at radius 2 is 1.60 bits per heavy atom. The van der Waals surface area contributed by atoms with Gasteiger partial charge in [-0.15, -0.1) is 0 Å². The molecule has 0 heterocycles. The average molecular weight is 210 g/mol. The zero-order valence-electron chi connectivity index (χ0n) is 10.3. The van der Waals surface area contributed by atoms with E-state index in [1.54, 1.807) is 0 Å². The Hall–Kier alpha value is -0.0400. The van der Waals surface area contributed by atoms with Crippen molar-refractivity contribution >= 4 is 0 Å². The molecule has 15 heavy (non-hydrogen) atoms. The Bertz CT molecular complexity index is 194. The van der Waals surface area contributed by atoms with Crippen molar-refractivity contribution in [3.8, 4) is 0 Å². The van der Waals surface area contributed by atoms with Crippen LogP contribution in [0.1, 0.15) is 58.8 Å². The van der Waals surface area contributed by atoms with Crippen molar-refractivity contribution in [2.45, 2.75) is 64.9 Å². The molecular formula is C14H26O. The molecule has 2 rings (SSSR count). The summed E-state index contributed by atoms with van der Waals surface area (Å²) < 4.78 is 0. The topological polar surface area (TPSA) is 20.2 Å². The molecular weight excluding hydrogens is 184 g/mol. The second-order valence-electron chi connectivity index (χ2n) is 6.08. The predicted octanol–water partition coefficient (Wildman–Crippen LogP) is 3.61. The van der Waals surface area contributed by atoms with Gasteiger partial charge in [-0.25, -0.2) is 0 Å². The third-order valence-electron chi connectivity index (χ3n) is 4.91. The van der Waals surface area contributed by atoms with Gasteiger partial charge in [0.2, 0.25) is 0 Å². The molecule has 88 valence electrons. The second-order valence-corrected chi connectivity index (χ2v) is 6.08. The Morgan fingerprint density at radius 1 is 0.933 bits per heavy atom. The zero-order valence-corrected chi connectivity index (χ0v) is 10.3. The Kier molecular flexibility index (Phi) is 3.71. The number of aliphatic hydroxyl groups excluding tert-OH is 1. The molecule has 0 spiro atoms. The molecule has 2 aliphatic carbocycles. The van der Waals surface area contributed by atoms with Gasteiger partial charge in [-0.05, 0) is 42.9 Å². The first-order chi connectivity index (χ1) is 7.18. The molecule has 1 N–H and O–H groups in total. The molecule has 0 aromatic rings. The minimum atomic E-state index is 0.00926. The van der Waals surface area contributed by atoms with Crippen LogP contribution < -0.4 is 0 Å². The molecule has 0 aliphatic heterocycles. The van der Waals surface area contributed by atoms with Crippen LogP contribution in [-0.2, 0) is 0 Å². The lowest BCUT2D eigenvalue weighted by molar-refractivity contribution is 0.0156. The van der Waals surface area contributed by atoms with E-state index in [4.69, 9.17) is 0 Å². The smallest absolute Gasteiger partial charge is 0.0599 e. The van der Waals surface area contributed by atoms with Crippen molar-refractivity contribution < 1.29 is 5.11 Å². The Labute approximate surface area is 94.3 Å². The highest BCUT2D eigenvalue weighted by Crippen LogP contribution is 2.40. The Balaban J connectivity index is 1.87. The van der Waals surface area contributed by atoms with Crippen molar-refractivity contribution in [2.24, 2.45) is 23.7 Å². The summed E-state index contributed by atoms with van der Waals surface area (Å²) in [4.78, 5) is 0. The second kappa shape index (κ2) is 4.86. The van der Waals surface area contributed by atoms with Gasteiger partial charge in [0.05, 0.1) is 6.10 Å². The molecule has 0 saturated heterocycles. The minimum absolute atomic E-state index is 0.00926. The number of aliphatic hydroxyl groups is 1. The lowest BCUT2D eigenvalue weighted by Crippen LogP contribution is -2.33. The van der Waals surface area contributed by atoms with Gasteiger partial charge in [-0.3, -0.25) is 0 Å². The van der Waals surface area contributed by atoms with Gasteiger partial charge in [0.15, 0.2) is 0 Å². The van der Waals surface area contributed by atoms with Gasteiger partial charge in [0.1, 0.15) is 0 Å². The molecule has 0 aromatic carbocycles. The number of rotatable bonds is 2. The number of hydrogen-bond acceptors (Lipinski definition) is 1. The van der Waals surface area contributed by atoms with Crippen LogP contribution >= 0.6 is 0 Å². The summed E-state index contributed by atoms with van der Waals surface area (Å²) in [7, 11) is 0. The van der Waals surface area contributed by atoms with Gasteiger partial charge < -0.3 is 5.11 Å². The molecule has 2 aliphatic rings. The fourth-order valence-electron chi connectivity index (χ4n) is 3.66. The van der Waals surface area contributed by atoms with Gasteiger partial charge in [0.25, 0.3) is 0 Å². The van der Waals surface area contributed by atoms with E-state index in [9.17, 15) is 5.11 Å². The van der Waals surface area contributed by atoms with Crippen LogP contribution in [-0.4, -0.2) is 11.2 Å². The van der Waals surface area contributed by atoms with Crippen molar-refractivity contribution in [1.82, 2.24) is 0 Å². The molecule has 0 aromatic heterocycles. The molecule has 1 nitrogen and oxygen atoms in total. The summed E-state index contributed by atoms with van der Waals surface area (Å²) in [6, 6.07) is 0. The summed E-state index contributed by atoms with van der Waals surface area (Å²) in [5, 5.41) is 10.4. The first kappa shape index (κ1) is 11.4. The van der Waals surface area contributed by atoms with E-state index in [2.05, 4.69) is 13.8 Å². The summed E-state index contributed by atoms with van der Waals surface area (Å²) >= 11 is 0. The number of hydrogen-bond donors (Lipinski definition) is 1. The first-order valence-electron chi connectivity index (χ1n) is 6.86. The van der Waals surface area contributed by atoms with Gasteiger partial charge in [0, 0.05) is 0 Å². The largest absolute Gasteiger partial charge is 0.393 e. The van der Waals surface area contributed by atoms with Crippen molar-refractivity contribution in [3.63, 3.8) is 0 Å². The van der Waals surface area contributed by atoms with E-state index >= 15 is 0 Å². The van der Waals surface area contributed by atoms with Crippen molar-refractivity contribution in [2.75, 3.05) is 0 Å². The van der Waals surface area contributed by atoms with Crippen LogP contribution in [0.3, 0.4) is 0 Å². The maximum absolute atomic E-state index is 10.4. The van der Waals surface area contributed by atoms with Crippen LogP contribution in [0.15, 0.2) is 0 Å². The summed E-state index contributed by atoms with van der Waals surface area (Å²) in [5.41, 5.74) is 0. The quantitative estimate of drug-likeness (QED) is 0.738. The minimum Gasteiger partial charge on any atom is -0.393 e. The van der Waals surface area contributed by atoms with Crippen LogP contribution in [0.2, 0.25) is 0 Å². The van der Waals surface area contributed by atoms with Gasteiger partial charge >= 0.3 is 0 Å². The molecule has 3 unspecified atom stereocenters. The zero-order chi connectivity index (χ0) is 10.8. The monoisotopic (exact) mass is 210 g/mol. The van der Waals surface area contributed by atoms with E-state index < -0.39 is 0 Å². The van der Waals surface area contributed by atoms with E-state index in [1.807, 2.05) is 0 Å². The standard InChI is InChI=1S/C14H26O/c1-10-6-8-12(9-7-10)14(15)13-5-3-4-11(13)2/h10-15H,3-9H2,1-2H3. The maximum Gasteiger partial charge on any atom is 0.0599 e.